The molecular formula is C23H29F5O. The van der Waals surface area contributed by atoms with E-state index in [0.29, 0.717) is 18.3 Å². The predicted octanol–water partition coefficient (Wildman–Crippen LogP) is 7.72. The third-order valence-corrected chi connectivity index (χ3v) is 6.59. The Kier molecular flexibility index (Phi) is 7.58. The Bertz CT molecular complexity index is 668. The average Bonchev–Trinajstić information content (AvgIpc) is 2.69. The highest BCUT2D eigenvalue weighted by atomic mass is 19.4. The lowest BCUT2D eigenvalue weighted by Gasteiger charge is -2.37. The van der Waals surface area contributed by atoms with E-state index < -0.39 is 17.9 Å². The molecule has 3 rings (SSSR count). The zero-order chi connectivity index (χ0) is 20.9. The molecule has 1 aromatic rings. The van der Waals surface area contributed by atoms with Gasteiger partial charge in [0.1, 0.15) is 0 Å². The van der Waals surface area contributed by atoms with Gasteiger partial charge < -0.3 is 4.74 Å². The van der Waals surface area contributed by atoms with Crippen LogP contribution in [0.15, 0.2) is 30.4 Å². The molecule has 0 radical (unpaired) electrons. The highest BCUT2D eigenvalue weighted by molar-refractivity contribution is 5.31. The fourth-order valence-electron chi connectivity index (χ4n) is 5.06. The quantitative estimate of drug-likeness (QED) is 0.341. The van der Waals surface area contributed by atoms with E-state index in [1.54, 1.807) is 6.07 Å². The summed E-state index contributed by atoms with van der Waals surface area (Å²) in [6.45, 7) is -0.295. The molecule has 29 heavy (non-hydrogen) atoms. The van der Waals surface area contributed by atoms with Crippen LogP contribution in [-0.2, 0) is 0 Å². The first-order valence-corrected chi connectivity index (χ1v) is 10.6. The molecule has 1 nitrogen and oxygen atoms in total. The van der Waals surface area contributed by atoms with E-state index in [4.69, 9.17) is 0 Å². The molecule has 0 amide bonds. The fourth-order valence-corrected chi connectivity index (χ4v) is 5.06. The monoisotopic (exact) mass is 416 g/mol. The van der Waals surface area contributed by atoms with Crippen LogP contribution in [0.3, 0.4) is 0 Å². The molecule has 6 heteroatoms. The first-order chi connectivity index (χ1) is 13.9. The van der Waals surface area contributed by atoms with Gasteiger partial charge in [-0.25, -0.2) is 4.39 Å². The van der Waals surface area contributed by atoms with Gasteiger partial charge in [-0.05, 0) is 99.2 Å². The summed E-state index contributed by atoms with van der Waals surface area (Å²) in [5, 5.41) is 0. The molecule has 2 fully saturated rings. The van der Waals surface area contributed by atoms with Gasteiger partial charge in [0.25, 0.3) is 0 Å². The molecule has 1 aromatic carbocycles. The van der Waals surface area contributed by atoms with E-state index in [-0.39, 0.29) is 12.6 Å². The topological polar surface area (TPSA) is 9.23 Å². The highest BCUT2D eigenvalue weighted by Crippen LogP contribution is 2.44. The predicted molar refractivity (Wildman–Crippen MR) is 103 cm³/mol. The maximum Gasteiger partial charge on any atom is 0.573 e. The Hall–Kier alpha value is -1.59. The molecule has 0 unspecified atom stereocenters. The van der Waals surface area contributed by atoms with Crippen molar-refractivity contribution < 1.29 is 26.7 Å². The first-order valence-electron chi connectivity index (χ1n) is 10.6. The molecule has 0 heterocycles. The first kappa shape index (κ1) is 22.1. The molecule has 2 aliphatic rings. The van der Waals surface area contributed by atoms with Crippen LogP contribution < -0.4 is 4.74 Å². The molecule has 0 bridgehead atoms. The number of alkyl halides is 4. The summed E-state index contributed by atoms with van der Waals surface area (Å²) in [5.41, 5.74) is 0.761. The van der Waals surface area contributed by atoms with Crippen molar-refractivity contribution >= 4 is 0 Å². The lowest BCUT2D eigenvalue weighted by Crippen LogP contribution is -2.25. The molecule has 0 spiro atoms. The average molecular weight is 416 g/mol. The smallest absolute Gasteiger partial charge is 0.403 e. The third-order valence-electron chi connectivity index (χ3n) is 6.59. The lowest BCUT2D eigenvalue weighted by atomic mass is 9.68. The van der Waals surface area contributed by atoms with Crippen molar-refractivity contribution in [2.24, 2.45) is 17.8 Å². The molecule has 2 aliphatic carbocycles. The van der Waals surface area contributed by atoms with Crippen LogP contribution in [0.1, 0.15) is 69.3 Å². The zero-order valence-electron chi connectivity index (χ0n) is 16.6. The van der Waals surface area contributed by atoms with Crippen molar-refractivity contribution in [1.29, 1.82) is 0 Å². The Balaban J connectivity index is 1.48. The number of halogens is 5. The summed E-state index contributed by atoms with van der Waals surface area (Å²) in [7, 11) is 0. The normalized spacial score (nSPS) is 28.6. The van der Waals surface area contributed by atoms with Gasteiger partial charge in [0.15, 0.2) is 11.6 Å². The van der Waals surface area contributed by atoms with Crippen LogP contribution in [0.25, 0.3) is 0 Å². The molecule has 0 N–H and O–H groups in total. The van der Waals surface area contributed by atoms with E-state index in [0.717, 1.165) is 43.2 Å². The second kappa shape index (κ2) is 9.94. The van der Waals surface area contributed by atoms with Crippen molar-refractivity contribution in [3.8, 4) is 5.75 Å². The van der Waals surface area contributed by atoms with E-state index in [1.807, 2.05) is 6.08 Å². The summed E-state index contributed by atoms with van der Waals surface area (Å²) >= 11 is 0. The minimum Gasteiger partial charge on any atom is -0.403 e. The van der Waals surface area contributed by atoms with Crippen molar-refractivity contribution in [2.75, 3.05) is 6.67 Å². The van der Waals surface area contributed by atoms with E-state index in [9.17, 15) is 22.0 Å². The van der Waals surface area contributed by atoms with E-state index in [1.165, 1.54) is 31.7 Å². The molecule has 162 valence electrons. The van der Waals surface area contributed by atoms with E-state index in [2.05, 4.69) is 10.8 Å². The highest BCUT2D eigenvalue weighted by Gasteiger charge is 2.33. The van der Waals surface area contributed by atoms with Crippen LogP contribution in [0.4, 0.5) is 22.0 Å². The molecule has 0 aromatic heterocycles. The number of hydrogen-bond acceptors (Lipinski definition) is 1. The molecule has 2 saturated carbocycles. The van der Waals surface area contributed by atoms with Crippen LogP contribution in [0.2, 0.25) is 0 Å². The van der Waals surface area contributed by atoms with E-state index >= 15 is 0 Å². The van der Waals surface area contributed by atoms with Crippen molar-refractivity contribution in [1.82, 2.24) is 0 Å². The van der Waals surface area contributed by atoms with Gasteiger partial charge >= 0.3 is 6.36 Å². The number of allylic oxidation sites excluding steroid dienone is 2. The van der Waals surface area contributed by atoms with Gasteiger partial charge in [0.05, 0.1) is 6.67 Å². The van der Waals surface area contributed by atoms with Crippen LogP contribution in [-0.4, -0.2) is 13.0 Å². The minimum absolute atomic E-state index is 0.195. The van der Waals surface area contributed by atoms with Gasteiger partial charge in [-0.15, -0.1) is 13.2 Å². The second-order valence-electron chi connectivity index (χ2n) is 8.43. The van der Waals surface area contributed by atoms with Crippen molar-refractivity contribution in [3.63, 3.8) is 0 Å². The summed E-state index contributed by atoms with van der Waals surface area (Å²) in [5.74, 6) is 0.448. The number of rotatable bonds is 6. The molecule has 0 atom stereocenters. The summed E-state index contributed by atoms with van der Waals surface area (Å²) < 4.78 is 66.8. The molecular weight excluding hydrogens is 387 g/mol. The third kappa shape index (κ3) is 6.45. The van der Waals surface area contributed by atoms with Crippen LogP contribution in [0, 0.1) is 23.6 Å². The minimum atomic E-state index is -4.89. The molecule has 0 aliphatic heterocycles. The number of hydrogen-bond donors (Lipinski definition) is 0. The Morgan fingerprint density at radius 2 is 1.55 bits per heavy atom. The van der Waals surface area contributed by atoms with Gasteiger partial charge in [-0.3, -0.25) is 4.39 Å². The summed E-state index contributed by atoms with van der Waals surface area (Å²) in [6, 6.07) is 3.84. The second-order valence-corrected chi connectivity index (χ2v) is 8.43. The maximum atomic E-state index is 14.0. The largest absolute Gasteiger partial charge is 0.573 e. The van der Waals surface area contributed by atoms with Gasteiger partial charge in [0, 0.05) is 0 Å². The number of ether oxygens (including phenoxy) is 1. The summed E-state index contributed by atoms with van der Waals surface area (Å²) in [4.78, 5) is 0. The van der Waals surface area contributed by atoms with Crippen LogP contribution >= 0.6 is 0 Å². The SMILES string of the molecule is FCC/C=C/[C@H]1CC[C@H](C2CCC(c3ccc(OC(F)(F)F)c(F)c3)CC2)CC1. The van der Waals surface area contributed by atoms with Crippen LogP contribution in [0.5, 0.6) is 5.75 Å². The van der Waals surface area contributed by atoms with Crippen molar-refractivity contribution in [3.05, 3.63) is 41.7 Å². The van der Waals surface area contributed by atoms with Gasteiger partial charge in [-0.2, -0.15) is 0 Å². The summed E-state index contributed by atoms with van der Waals surface area (Å²) in [6.07, 6.45) is 8.55. The standard InChI is InChI=1S/C23H29F5O/c24-14-2-1-3-16-4-6-17(7-5-16)18-8-10-19(11-9-18)20-12-13-22(21(25)15-20)29-23(26,27)28/h1,3,12-13,15-19H,2,4-11,14H2/b3-1+/t16-,17-,18?,19?. The molecule has 0 saturated heterocycles. The fraction of sp³-hybridized carbons (Fsp3) is 0.652. The van der Waals surface area contributed by atoms with Gasteiger partial charge in [-0.1, -0.05) is 18.2 Å². The van der Waals surface area contributed by atoms with Gasteiger partial charge in [0.2, 0.25) is 0 Å². The van der Waals surface area contributed by atoms with Crippen molar-refractivity contribution in [2.45, 2.75) is 70.1 Å². The maximum absolute atomic E-state index is 14.0. The Morgan fingerprint density at radius 1 is 0.931 bits per heavy atom. The Morgan fingerprint density at radius 3 is 2.10 bits per heavy atom. The zero-order valence-corrected chi connectivity index (χ0v) is 16.6. The number of benzene rings is 1. The Labute approximate surface area is 169 Å². The lowest BCUT2D eigenvalue weighted by molar-refractivity contribution is -0.275.